The predicted octanol–water partition coefficient (Wildman–Crippen LogP) is 0.584. The fourth-order valence-electron chi connectivity index (χ4n) is 2.76. The molecule has 1 saturated heterocycles. The summed E-state index contributed by atoms with van der Waals surface area (Å²) >= 11 is 0. The van der Waals surface area contributed by atoms with E-state index in [2.05, 4.69) is 0 Å². The van der Waals surface area contributed by atoms with Gasteiger partial charge in [-0.25, -0.2) is 4.79 Å². The highest BCUT2D eigenvalue weighted by Crippen LogP contribution is 2.31. The van der Waals surface area contributed by atoms with Gasteiger partial charge in [0.05, 0.1) is 14.2 Å². The predicted molar refractivity (Wildman–Crippen MR) is 88.3 cm³/mol. The summed E-state index contributed by atoms with van der Waals surface area (Å²) in [7, 11) is 2.88. The van der Waals surface area contributed by atoms with Crippen LogP contribution in [0.4, 0.5) is 0 Å². The number of rotatable bonds is 6. The first-order valence-electron chi connectivity index (χ1n) is 7.93. The van der Waals surface area contributed by atoms with Gasteiger partial charge in [-0.2, -0.15) is 0 Å². The van der Waals surface area contributed by atoms with Crippen molar-refractivity contribution in [2.24, 2.45) is 11.7 Å². The second kappa shape index (κ2) is 8.36. The lowest BCUT2D eigenvalue weighted by atomic mass is 9.96. The lowest BCUT2D eigenvalue weighted by Gasteiger charge is -2.30. The maximum atomic E-state index is 12.2. The third kappa shape index (κ3) is 4.40. The van der Waals surface area contributed by atoms with Crippen molar-refractivity contribution in [1.29, 1.82) is 0 Å². The van der Waals surface area contributed by atoms with E-state index in [9.17, 15) is 14.4 Å². The van der Waals surface area contributed by atoms with Crippen molar-refractivity contribution in [3.8, 4) is 11.5 Å². The van der Waals surface area contributed by atoms with Gasteiger partial charge in [0.1, 0.15) is 5.56 Å². The van der Waals surface area contributed by atoms with Gasteiger partial charge in [0.2, 0.25) is 5.91 Å². The van der Waals surface area contributed by atoms with Crippen molar-refractivity contribution in [3.63, 3.8) is 0 Å². The third-order valence-corrected chi connectivity index (χ3v) is 4.20. The minimum absolute atomic E-state index is 0.182. The van der Waals surface area contributed by atoms with E-state index >= 15 is 0 Å². The van der Waals surface area contributed by atoms with Crippen molar-refractivity contribution in [2.45, 2.75) is 12.8 Å². The number of ether oxygens (including phenoxy) is 3. The molecule has 0 spiro atoms. The van der Waals surface area contributed by atoms with Crippen LogP contribution in [-0.4, -0.2) is 56.6 Å². The summed E-state index contributed by atoms with van der Waals surface area (Å²) in [6.45, 7) is 0.472. The molecule has 0 saturated carbocycles. The molecular formula is C17H22N2O6. The number of methoxy groups -OCH3 is 2. The Morgan fingerprint density at radius 1 is 1.16 bits per heavy atom. The molecule has 1 aliphatic heterocycles. The fourth-order valence-corrected chi connectivity index (χ4v) is 2.76. The zero-order valence-electron chi connectivity index (χ0n) is 14.3. The maximum absolute atomic E-state index is 12.2. The molecule has 0 radical (unpaired) electrons. The minimum atomic E-state index is -0.670. The average Bonchev–Trinajstić information content (AvgIpc) is 2.64. The number of nitrogens with zero attached hydrogens (tertiary/aromatic N) is 1. The first kappa shape index (κ1) is 18.6. The minimum Gasteiger partial charge on any atom is -0.493 e. The van der Waals surface area contributed by atoms with Crippen LogP contribution in [0.3, 0.4) is 0 Å². The standard InChI is InChI=1S/C17H22N2O6/c1-23-13-5-3-4-12(15(13)24-2)17(22)25-10-14(20)19-8-6-11(7-9-19)16(18)21/h3-5,11H,6-10H2,1-2H3,(H2,18,21). The van der Waals surface area contributed by atoms with Crippen LogP contribution in [0.15, 0.2) is 18.2 Å². The number of nitrogens with two attached hydrogens (primary N) is 1. The number of carbonyl (C=O) groups excluding carboxylic acids is 3. The summed E-state index contributed by atoms with van der Waals surface area (Å²) in [6, 6.07) is 4.82. The number of hydrogen-bond acceptors (Lipinski definition) is 6. The van der Waals surface area contributed by atoms with Crippen molar-refractivity contribution in [1.82, 2.24) is 4.90 Å². The molecule has 0 aromatic heterocycles. The van der Waals surface area contributed by atoms with Crippen LogP contribution in [0.25, 0.3) is 0 Å². The number of para-hydroxylation sites is 1. The van der Waals surface area contributed by atoms with Gasteiger partial charge in [-0.05, 0) is 25.0 Å². The van der Waals surface area contributed by atoms with Crippen LogP contribution >= 0.6 is 0 Å². The zero-order valence-corrected chi connectivity index (χ0v) is 14.3. The van der Waals surface area contributed by atoms with Gasteiger partial charge in [-0.1, -0.05) is 6.07 Å². The molecule has 8 heteroatoms. The summed E-state index contributed by atoms with van der Waals surface area (Å²) in [6.07, 6.45) is 1.05. The average molecular weight is 350 g/mol. The Labute approximate surface area is 145 Å². The van der Waals surface area contributed by atoms with E-state index in [4.69, 9.17) is 19.9 Å². The van der Waals surface area contributed by atoms with Crippen molar-refractivity contribution in [2.75, 3.05) is 33.9 Å². The molecule has 8 nitrogen and oxygen atoms in total. The summed E-state index contributed by atoms with van der Waals surface area (Å²) in [5.41, 5.74) is 5.45. The lowest BCUT2D eigenvalue weighted by Crippen LogP contribution is -2.43. The van der Waals surface area contributed by atoms with Gasteiger partial charge in [0.25, 0.3) is 5.91 Å². The van der Waals surface area contributed by atoms with Crippen LogP contribution in [0, 0.1) is 5.92 Å². The number of hydrogen-bond donors (Lipinski definition) is 1. The van der Waals surface area contributed by atoms with Gasteiger partial charge in [-0.3, -0.25) is 9.59 Å². The van der Waals surface area contributed by atoms with Crippen molar-refractivity contribution < 1.29 is 28.6 Å². The van der Waals surface area contributed by atoms with E-state index in [0.29, 0.717) is 31.7 Å². The van der Waals surface area contributed by atoms with E-state index in [1.165, 1.54) is 20.3 Å². The van der Waals surface area contributed by atoms with Crippen molar-refractivity contribution in [3.05, 3.63) is 23.8 Å². The second-order valence-electron chi connectivity index (χ2n) is 5.67. The Hall–Kier alpha value is -2.77. The van der Waals surface area contributed by atoms with Crippen LogP contribution in [-0.2, 0) is 14.3 Å². The quantitative estimate of drug-likeness (QED) is 0.752. The lowest BCUT2D eigenvalue weighted by molar-refractivity contribution is -0.137. The maximum Gasteiger partial charge on any atom is 0.342 e. The molecule has 0 bridgehead atoms. The summed E-state index contributed by atoms with van der Waals surface area (Å²) in [4.78, 5) is 37.1. The normalized spacial score (nSPS) is 14.7. The number of benzene rings is 1. The fraction of sp³-hybridized carbons (Fsp3) is 0.471. The van der Waals surface area contributed by atoms with E-state index in [1.807, 2.05) is 0 Å². The monoisotopic (exact) mass is 350 g/mol. The molecule has 1 aromatic carbocycles. The first-order chi connectivity index (χ1) is 12.0. The van der Waals surface area contributed by atoms with Gasteiger partial charge >= 0.3 is 5.97 Å². The summed E-state index contributed by atoms with van der Waals surface area (Å²) < 4.78 is 15.4. The number of esters is 1. The smallest absolute Gasteiger partial charge is 0.342 e. The second-order valence-corrected chi connectivity index (χ2v) is 5.67. The number of carbonyl (C=O) groups is 3. The molecular weight excluding hydrogens is 328 g/mol. The molecule has 1 aromatic rings. The molecule has 0 atom stereocenters. The summed E-state index contributed by atoms with van der Waals surface area (Å²) in [5, 5.41) is 0. The highest BCUT2D eigenvalue weighted by molar-refractivity contribution is 5.95. The molecule has 2 amide bonds. The number of piperidine rings is 1. The Bertz CT molecular complexity index is 653. The van der Waals surface area contributed by atoms with Gasteiger partial charge in [0, 0.05) is 19.0 Å². The molecule has 0 aliphatic carbocycles. The number of amides is 2. The largest absolute Gasteiger partial charge is 0.493 e. The van der Waals surface area contributed by atoms with Crippen LogP contribution in [0.5, 0.6) is 11.5 Å². The van der Waals surface area contributed by atoms with E-state index in [-0.39, 0.29) is 35.7 Å². The molecule has 136 valence electrons. The number of likely N-dealkylation sites (tertiary alicyclic amines) is 1. The van der Waals surface area contributed by atoms with Crippen LogP contribution in [0.1, 0.15) is 23.2 Å². The Kier molecular flexibility index (Phi) is 6.21. The molecule has 1 aliphatic rings. The Morgan fingerprint density at radius 2 is 1.84 bits per heavy atom. The molecule has 1 heterocycles. The topological polar surface area (TPSA) is 108 Å². The summed E-state index contributed by atoms with van der Waals surface area (Å²) in [5.74, 6) is -0.868. The highest BCUT2D eigenvalue weighted by Gasteiger charge is 2.27. The highest BCUT2D eigenvalue weighted by atomic mass is 16.5. The molecule has 1 fully saturated rings. The molecule has 2 rings (SSSR count). The first-order valence-corrected chi connectivity index (χ1v) is 7.93. The van der Waals surface area contributed by atoms with E-state index < -0.39 is 5.97 Å². The Morgan fingerprint density at radius 3 is 2.40 bits per heavy atom. The van der Waals surface area contributed by atoms with Crippen LogP contribution < -0.4 is 15.2 Å². The van der Waals surface area contributed by atoms with Gasteiger partial charge < -0.3 is 24.8 Å². The van der Waals surface area contributed by atoms with Crippen LogP contribution in [0.2, 0.25) is 0 Å². The Balaban J connectivity index is 1.92. The third-order valence-electron chi connectivity index (χ3n) is 4.20. The molecule has 0 unspecified atom stereocenters. The van der Waals surface area contributed by atoms with Gasteiger partial charge in [-0.15, -0.1) is 0 Å². The SMILES string of the molecule is COc1cccc(C(=O)OCC(=O)N2CCC(C(N)=O)CC2)c1OC. The van der Waals surface area contributed by atoms with E-state index in [1.54, 1.807) is 17.0 Å². The van der Waals surface area contributed by atoms with E-state index in [0.717, 1.165) is 0 Å². The molecule has 25 heavy (non-hydrogen) atoms. The zero-order chi connectivity index (χ0) is 18.4. The van der Waals surface area contributed by atoms with Gasteiger partial charge in [0.15, 0.2) is 18.1 Å². The molecule has 2 N–H and O–H groups in total. The number of primary amides is 1. The van der Waals surface area contributed by atoms with Crippen molar-refractivity contribution >= 4 is 17.8 Å².